The van der Waals surface area contributed by atoms with Gasteiger partial charge in [-0.05, 0) is 50.8 Å². The first-order chi connectivity index (χ1) is 9.83. The zero-order valence-corrected chi connectivity index (χ0v) is 12.6. The summed E-state index contributed by atoms with van der Waals surface area (Å²) in [5.74, 6) is 0. The van der Waals surface area contributed by atoms with Crippen LogP contribution in [0.2, 0.25) is 0 Å². The first-order valence-corrected chi connectivity index (χ1v) is 7.84. The topological polar surface area (TPSA) is 38.5 Å². The summed E-state index contributed by atoms with van der Waals surface area (Å²) < 4.78 is 5.48. The van der Waals surface area contributed by atoms with E-state index in [1.54, 1.807) is 0 Å². The number of hydrogen-bond acceptors (Lipinski definition) is 3. The van der Waals surface area contributed by atoms with Gasteiger partial charge in [0, 0.05) is 19.7 Å². The number of hydrogen-bond donors (Lipinski definition) is 1. The Hall–Kier alpha value is -0.900. The van der Waals surface area contributed by atoms with Crippen molar-refractivity contribution in [3.8, 4) is 0 Å². The van der Waals surface area contributed by atoms with Crippen LogP contribution in [-0.4, -0.2) is 37.2 Å². The molecule has 2 rings (SSSR count). The van der Waals surface area contributed by atoms with E-state index in [1.807, 2.05) is 7.11 Å². The smallest absolute Gasteiger partial charge is 0.0572 e. The number of nitrogens with zero attached hydrogens (tertiary/aromatic N) is 1. The fraction of sp³-hybridized carbons (Fsp3) is 0.647. The summed E-state index contributed by atoms with van der Waals surface area (Å²) >= 11 is 0. The largest absolute Gasteiger partial charge is 0.381 e. The molecule has 0 aromatic heterocycles. The highest BCUT2D eigenvalue weighted by Gasteiger charge is 2.25. The van der Waals surface area contributed by atoms with Crippen molar-refractivity contribution in [2.75, 3.05) is 20.2 Å². The van der Waals surface area contributed by atoms with E-state index >= 15 is 0 Å². The van der Waals surface area contributed by atoms with Crippen molar-refractivity contribution in [3.63, 3.8) is 0 Å². The predicted octanol–water partition coefficient (Wildman–Crippen LogP) is 2.80. The van der Waals surface area contributed by atoms with Crippen molar-refractivity contribution in [1.29, 1.82) is 0 Å². The monoisotopic (exact) mass is 276 g/mol. The lowest BCUT2D eigenvalue weighted by Crippen LogP contribution is -2.40. The van der Waals surface area contributed by atoms with Crippen molar-refractivity contribution >= 4 is 0 Å². The molecule has 1 aliphatic carbocycles. The first kappa shape index (κ1) is 15.5. The molecule has 0 heterocycles. The van der Waals surface area contributed by atoms with Gasteiger partial charge in [0.15, 0.2) is 0 Å². The van der Waals surface area contributed by atoms with Crippen LogP contribution in [0.1, 0.15) is 37.7 Å². The fourth-order valence-electron chi connectivity index (χ4n) is 3.15. The van der Waals surface area contributed by atoms with Crippen LogP contribution in [0.15, 0.2) is 30.3 Å². The van der Waals surface area contributed by atoms with Gasteiger partial charge in [0.25, 0.3) is 0 Å². The maximum Gasteiger partial charge on any atom is 0.0572 e. The van der Waals surface area contributed by atoms with Crippen molar-refractivity contribution in [2.24, 2.45) is 5.73 Å². The number of ether oxygens (including phenoxy) is 1. The summed E-state index contributed by atoms with van der Waals surface area (Å²) in [5, 5.41) is 0. The van der Waals surface area contributed by atoms with Crippen LogP contribution in [0.25, 0.3) is 0 Å². The summed E-state index contributed by atoms with van der Waals surface area (Å²) in [5.41, 5.74) is 7.10. The Bertz CT molecular complexity index is 361. The van der Waals surface area contributed by atoms with E-state index in [-0.39, 0.29) is 0 Å². The lowest BCUT2D eigenvalue weighted by atomic mass is 9.91. The van der Waals surface area contributed by atoms with Crippen molar-refractivity contribution < 1.29 is 4.74 Å². The fourth-order valence-corrected chi connectivity index (χ4v) is 3.15. The minimum atomic E-state index is 0.472. The molecule has 1 aliphatic rings. The maximum absolute atomic E-state index is 5.70. The highest BCUT2D eigenvalue weighted by atomic mass is 16.5. The van der Waals surface area contributed by atoms with Crippen LogP contribution < -0.4 is 5.73 Å². The van der Waals surface area contributed by atoms with Gasteiger partial charge >= 0.3 is 0 Å². The molecular weight excluding hydrogens is 248 g/mol. The van der Waals surface area contributed by atoms with E-state index in [1.165, 1.54) is 31.2 Å². The lowest BCUT2D eigenvalue weighted by Gasteiger charge is -2.36. The van der Waals surface area contributed by atoms with E-state index in [2.05, 4.69) is 35.2 Å². The minimum absolute atomic E-state index is 0.472. The molecule has 0 aliphatic heterocycles. The summed E-state index contributed by atoms with van der Waals surface area (Å²) in [6, 6.07) is 11.5. The zero-order valence-electron chi connectivity index (χ0n) is 12.6. The first-order valence-electron chi connectivity index (χ1n) is 7.84. The molecule has 0 atom stereocenters. The van der Waals surface area contributed by atoms with Gasteiger partial charge < -0.3 is 10.5 Å². The molecule has 3 heteroatoms. The van der Waals surface area contributed by atoms with Crippen LogP contribution in [0.3, 0.4) is 0 Å². The Kier molecular flexibility index (Phi) is 6.51. The SMILES string of the molecule is COC1CCC(N(CCCN)Cc2ccccc2)CC1. The molecule has 0 bridgehead atoms. The van der Waals surface area contributed by atoms with Crippen LogP contribution >= 0.6 is 0 Å². The average molecular weight is 276 g/mol. The molecule has 20 heavy (non-hydrogen) atoms. The molecule has 0 saturated heterocycles. The van der Waals surface area contributed by atoms with E-state index in [4.69, 9.17) is 10.5 Å². The highest BCUT2D eigenvalue weighted by molar-refractivity contribution is 5.14. The summed E-state index contributed by atoms with van der Waals surface area (Å²) in [6.07, 6.45) is 6.42. The number of benzene rings is 1. The molecule has 1 saturated carbocycles. The third kappa shape index (κ3) is 4.58. The minimum Gasteiger partial charge on any atom is -0.381 e. The molecule has 0 spiro atoms. The average Bonchev–Trinajstić information content (AvgIpc) is 2.52. The number of methoxy groups -OCH3 is 1. The zero-order chi connectivity index (χ0) is 14.2. The molecule has 1 aromatic rings. The number of nitrogens with two attached hydrogens (primary N) is 1. The molecule has 112 valence electrons. The molecule has 0 amide bonds. The van der Waals surface area contributed by atoms with Crippen LogP contribution in [0.4, 0.5) is 0 Å². The second-order valence-electron chi connectivity index (χ2n) is 5.76. The van der Waals surface area contributed by atoms with Gasteiger partial charge in [-0.15, -0.1) is 0 Å². The summed E-state index contributed by atoms with van der Waals surface area (Å²) in [7, 11) is 1.83. The second kappa shape index (κ2) is 8.40. The van der Waals surface area contributed by atoms with Crippen molar-refractivity contribution in [2.45, 2.75) is 50.8 Å². The van der Waals surface area contributed by atoms with Gasteiger partial charge in [0.05, 0.1) is 6.10 Å². The Labute approximate surface area is 123 Å². The van der Waals surface area contributed by atoms with E-state index in [0.717, 1.165) is 26.1 Å². The normalized spacial score (nSPS) is 23.1. The Morgan fingerprint density at radius 3 is 2.45 bits per heavy atom. The van der Waals surface area contributed by atoms with Crippen LogP contribution in [-0.2, 0) is 11.3 Å². The van der Waals surface area contributed by atoms with Crippen LogP contribution in [0.5, 0.6) is 0 Å². The Balaban J connectivity index is 1.93. The van der Waals surface area contributed by atoms with E-state index in [0.29, 0.717) is 12.1 Å². The van der Waals surface area contributed by atoms with Crippen LogP contribution in [0, 0.1) is 0 Å². The van der Waals surface area contributed by atoms with Gasteiger partial charge in [-0.25, -0.2) is 0 Å². The molecule has 0 unspecified atom stereocenters. The molecule has 1 fully saturated rings. The molecule has 1 aromatic carbocycles. The quantitative estimate of drug-likeness (QED) is 0.832. The highest BCUT2D eigenvalue weighted by Crippen LogP contribution is 2.26. The second-order valence-corrected chi connectivity index (χ2v) is 5.76. The standard InChI is InChI=1S/C17H28N2O/c1-20-17-10-8-16(9-11-17)19(13-5-12-18)14-15-6-3-2-4-7-15/h2-4,6-7,16-17H,5,8-14,18H2,1H3. The number of rotatable bonds is 7. The molecule has 0 radical (unpaired) electrons. The molecule has 3 nitrogen and oxygen atoms in total. The van der Waals surface area contributed by atoms with E-state index in [9.17, 15) is 0 Å². The van der Waals surface area contributed by atoms with E-state index < -0.39 is 0 Å². The summed E-state index contributed by atoms with van der Waals surface area (Å²) in [6.45, 7) is 2.93. The van der Waals surface area contributed by atoms with Crippen molar-refractivity contribution in [1.82, 2.24) is 4.90 Å². The third-order valence-electron chi connectivity index (χ3n) is 4.37. The molecular formula is C17H28N2O. The predicted molar refractivity (Wildman–Crippen MR) is 83.6 cm³/mol. The Morgan fingerprint density at radius 2 is 1.85 bits per heavy atom. The van der Waals surface area contributed by atoms with Crippen molar-refractivity contribution in [3.05, 3.63) is 35.9 Å². The van der Waals surface area contributed by atoms with Gasteiger partial charge in [0.1, 0.15) is 0 Å². The molecule has 2 N–H and O–H groups in total. The Morgan fingerprint density at radius 1 is 1.15 bits per heavy atom. The van der Waals surface area contributed by atoms with Gasteiger partial charge in [-0.1, -0.05) is 30.3 Å². The summed E-state index contributed by atoms with van der Waals surface area (Å²) in [4.78, 5) is 2.62. The van der Waals surface area contributed by atoms with Gasteiger partial charge in [0.2, 0.25) is 0 Å². The third-order valence-corrected chi connectivity index (χ3v) is 4.37. The van der Waals surface area contributed by atoms with Gasteiger partial charge in [-0.2, -0.15) is 0 Å². The lowest BCUT2D eigenvalue weighted by molar-refractivity contribution is 0.0362. The maximum atomic E-state index is 5.70. The van der Waals surface area contributed by atoms with Gasteiger partial charge in [-0.3, -0.25) is 4.90 Å².